The molecule has 4 aromatic rings. The number of piperazine rings is 1. The summed E-state index contributed by atoms with van der Waals surface area (Å²) in [4.78, 5) is 20.8. The van der Waals surface area contributed by atoms with E-state index >= 15 is 0 Å². The summed E-state index contributed by atoms with van der Waals surface area (Å²) in [5.41, 5.74) is -2.93. The van der Waals surface area contributed by atoms with Gasteiger partial charge in [0.25, 0.3) is 5.71 Å². The number of rotatable bonds is 6. The number of nitrogens with zero attached hydrogens (tertiary/aromatic N) is 4. The second-order valence-corrected chi connectivity index (χ2v) is 9.49. The molecule has 192 valence electrons. The van der Waals surface area contributed by atoms with Crippen LogP contribution in [0.15, 0.2) is 76.3 Å². The van der Waals surface area contributed by atoms with Crippen molar-refractivity contribution in [1.29, 1.82) is 0 Å². The highest BCUT2D eigenvalue weighted by molar-refractivity contribution is 8.00. The minimum absolute atomic E-state index is 0.104. The van der Waals surface area contributed by atoms with Gasteiger partial charge in [0.05, 0.1) is 5.39 Å². The van der Waals surface area contributed by atoms with E-state index in [1.807, 2.05) is 18.2 Å². The molecule has 1 N–H and O–H groups in total. The van der Waals surface area contributed by atoms with Gasteiger partial charge in [0.15, 0.2) is 5.82 Å². The van der Waals surface area contributed by atoms with Crippen LogP contribution in [0.1, 0.15) is 5.56 Å². The zero-order valence-corrected chi connectivity index (χ0v) is 20.3. The second-order valence-electron chi connectivity index (χ2n) is 8.35. The predicted molar refractivity (Wildman–Crippen MR) is 133 cm³/mol. The van der Waals surface area contributed by atoms with Crippen LogP contribution in [0.5, 0.6) is 11.5 Å². The number of amides is 2. The molecule has 1 saturated heterocycles. The van der Waals surface area contributed by atoms with E-state index in [4.69, 9.17) is 9.26 Å². The van der Waals surface area contributed by atoms with Gasteiger partial charge in [-0.3, -0.25) is 10.2 Å². The van der Waals surface area contributed by atoms with Gasteiger partial charge in [-0.25, -0.2) is 9.78 Å². The maximum absolute atomic E-state index is 12.7. The third-order valence-electron chi connectivity index (χ3n) is 5.73. The molecule has 37 heavy (non-hydrogen) atoms. The fourth-order valence-corrected chi connectivity index (χ4v) is 4.51. The molecule has 0 radical (unpaired) electrons. The summed E-state index contributed by atoms with van der Waals surface area (Å²) in [7, 11) is 0. The van der Waals surface area contributed by atoms with E-state index in [-0.39, 0.29) is 22.7 Å². The largest absolute Gasteiger partial charge is 0.457 e. The molecule has 0 atom stereocenters. The van der Waals surface area contributed by atoms with Crippen LogP contribution in [0.4, 0.5) is 23.8 Å². The number of anilines is 1. The number of ether oxygens (including phenoxy) is 1. The van der Waals surface area contributed by atoms with Gasteiger partial charge in [0.2, 0.25) is 0 Å². The number of nitrogens with one attached hydrogen (secondary N) is 1. The number of pyridine rings is 1. The SMILES string of the molecule is O=C(Nc1noc2ncccc12)N1CCN(Cc2cccc(Oc3ccc(SC(F)(F)F)cc3)c2)CC1. The van der Waals surface area contributed by atoms with Gasteiger partial charge in [-0.2, -0.15) is 13.2 Å². The number of benzene rings is 2. The van der Waals surface area contributed by atoms with Crippen LogP contribution in [-0.4, -0.2) is 57.7 Å². The highest BCUT2D eigenvalue weighted by Crippen LogP contribution is 2.37. The topological polar surface area (TPSA) is 83.7 Å². The van der Waals surface area contributed by atoms with Crippen LogP contribution < -0.4 is 10.1 Å². The van der Waals surface area contributed by atoms with Gasteiger partial charge in [-0.15, -0.1) is 0 Å². The van der Waals surface area contributed by atoms with Crippen molar-refractivity contribution >= 4 is 34.7 Å². The number of carbonyl (C=O) groups is 1. The number of fused-ring (bicyclic) bond motifs is 1. The van der Waals surface area contributed by atoms with Crippen LogP contribution in [0.25, 0.3) is 11.1 Å². The summed E-state index contributed by atoms with van der Waals surface area (Å²) in [5.74, 6) is 1.40. The quantitative estimate of drug-likeness (QED) is 0.308. The van der Waals surface area contributed by atoms with Gasteiger partial charge >= 0.3 is 11.5 Å². The Balaban J connectivity index is 1.12. The van der Waals surface area contributed by atoms with Crippen molar-refractivity contribution in [2.24, 2.45) is 0 Å². The molecular weight excluding hydrogens is 507 g/mol. The van der Waals surface area contributed by atoms with E-state index in [1.54, 1.807) is 29.3 Å². The van der Waals surface area contributed by atoms with Crippen LogP contribution in [-0.2, 0) is 6.54 Å². The fourth-order valence-electron chi connectivity index (χ4n) is 3.97. The Labute approximate surface area is 214 Å². The molecule has 0 aliphatic carbocycles. The first-order chi connectivity index (χ1) is 17.8. The zero-order chi connectivity index (χ0) is 25.8. The predicted octanol–water partition coefficient (Wildman–Crippen LogP) is 5.98. The lowest BCUT2D eigenvalue weighted by molar-refractivity contribution is -0.0328. The lowest BCUT2D eigenvalue weighted by Gasteiger charge is -2.34. The molecule has 0 saturated carbocycles. The molecular formula is C25H22F3N5O3S. The lowest BCUT2D eigenvalue weighted by atomic mass is 10.2. The monoisotopic (exact) mass is 529 g/mol. The summed E-state index contributed by atoms with van der Waals surface area (Å²) >= 11 is -0.159. The van der Waals surface area contributed by atoms with E-state index in [0.29, 0.717) is 61.1 Å². The number of aromatic nitrogens is 2. The summed E-state index contributed by atoms with van der Waals surface area (Å²) in [6.07, 6.45) is 1.60. The molecule has 3 heterocycles. The summed E-state index contributed by atoms with van der Waals surface area (Å²) < 4.78 is 48.5. The van der Waals surface area contributed by atoms with Crippen molar-refractivity contribution in [2.75, 3.05) is 31.5 Å². The van der Waals surface area contributed by atoms with Gasteiger partial charge in [0.1, 0.15) is 11.5 Å². The molecule has 2 aromatic carbocycles. The minimum Gasteiger partial charge on any atom is -0.457 e. The number of hydrogen-bond donors (Lipinski definition) is 1. The number of thioether (sulfide) groups is 1. The van der Waals surface area contributed by atoms with Crippen molar-refractivity contribution in [3.05, 3.63) is 72.4 Å². The third-order valence-corrected chi connectivity index (χ3v) is 6.47. The highest BCUT2D eigenvalue weighted by atomic mass is 32.2. The first-order valence-electron chi connectivity index (χ1n) is 11.4. The second kappa shape index (κ2) is 10.7. The zero-order valence-electron chi connectivity index (χ0n) is 19.4. The molecule has 1 aliphatic heterocycles. The number of halogens is 3. The number of carbonyl (C=O) groups excluding carboxylic acids is 1. The number of alkyl halides is 3. The number of urea groups is 1. The molecule has 2 amide bonds. The third kappa shape index (κ3) is 6.52. The molecule has 2 aromatic heterocycles. The minimum atomic E-state index is -4.32. The van der Waals surface area contributed by atoms with E-state index in [1.165, 1.54) is 24.3 Å². The molecule has 8 nitrogen and oxygen atoms in total. The smallest absolute Gasteiger partial charge is 0.446 e. The Kier molecular flexibility index (Phi) is 7.19. The van der Waals surface area contributed by atoms with E-state index in [0.717, 1.165) is 5.56 Å². The fraction of sp³-hybridized carbons (Fsp3) is 0.240. The van der Waals surface area contributed by atoms with Crippen molar-refractivity contribution in [3.8, 4) is 11.5 Å². The van der Waals surface area contributed by atoms with E-state index in [9.17, 15) is 18.0 Å². The molecule has 0 spiro atoms. The first kappa shape index (κ1) is 24.9. The first-order valence-corrected chi connectivity index (χ1v) is 12.3. The van der Waals surface area contributed by atoms with Crippen LogP contribution >= 0.6 is 11.8 Å². The average molecular weight is 530 g/mol. The maximum Gasteiger partial charge on any atom is 0.446 e. The van der Waals surface area contributed by atoms with Crippen LogP contribution in [0.2, 0.25) is 0 Å². The Hall–Kier alpha value is -3.77. The van der Waals surface area contributed by atoms with Crippen molar-refractivity contribution < 1.29 is 27.2 Å². The van der Waals surface area contributed by atoms with Crippen molar-refractivity contribution in [3.63, 3.8) is 0 Å². The molecule has 1 fully saturated rings. The summed E-state index contributed by atoms with van der Waals surface area (Å²) in [6.45, 7) is 3.17. The van der Waals surface area contributed by atoms with Crippen LogP contribution in [0, 0.1) is 0 Å². The normalized spacial score (nSPS) is 14.6. The summed E-state index contributed by atoms with van der Waals surface area (Å²) in [6, 6.07) is 16.7. The lowest BCUT2D eigenvalue weighted by Crippen LogP contribution is -2.49. The van der Waals surface area contributed by atoms with Crippen LogP contribution in [0.3, 0.4) is 0 Å². The van der Waals surface area contributed by atoms with Gasteiger partial charge in [-0.1, -0.05) is 17.3 Å². The van der Waals surface area contributed by atoms with Gasteiger partial charge in [0, 0.05) is 43.8 Å². The Bertz CT molecular complexity index is 1370. The van der Waals surface area contributed by atoms with Gasteiger partial charge < -0.3 is 14.2 Å². The Morgan fingerprint density at radius 3 is 2.57 bits per heavy atom. The van der Waals surface area contributed by atoms with E-state index in [2.05, 4.69) is 20.4 Å². The summed E-state index contributed by atoms with van der Waals surface area (Å²) in [5, 5.41) is 7.33. The molecule has 5 rings (SSSR count). The highest BCUT2D eigenvalue weighted by Gasteiger charge is 2.29. The molecule has 1 aliphatic rings. The molecule has 0 unspecified atom stereocenters. The average Bonchev–Trinajstić information content (AvgIpc) is 3.28. The standard InChI is InChI=1S/C25H22F3N5O3S/c26-25(27,28)37-20-8-6-18(7-9-20)35-19-4-1-3-17(15-19)16-32-11-13-33(14-12-32)24(34)30-22-21-5-2-10-29-23(21)36-31-22/h1-10,15H,11-14,16H2,(H,30,31,34). The molecule has 0 bridgehead atoms. The Morgan fingerprint density at radius 1 is 1.03 bits per heavy atom. The number of hydrogen-bond acceptors (Lipinski definition) is 7. The molecule has 12 heteroatoms. The maximum atomic E-state index is 12.7. The van der Waals surface area contributed by atoms with Crippen molar-refractivity contribution in [2.45, 2.75) is 16.9 Å². The van der Waals surface area contributed by atoms with Crippen molar-refractivity contribution in [1.82, 2.24) is 19.9 Å². The van der Waals surface area contributed by atoms with E-state index < -0.39 is 5.51 Å². The Morgan fingerprint density at radius 2 is 1.81 bits per heavy atom. The van der Waals surface area contributed by atoms with Gasteiger partial charge in [-0.05, 0) is 65.9 Å².